The lowest BCUT2D eigenvalue weighted by Gasteiger charge is -2.11. The zero-order valence-electron chi connectivity index (χ0n) is 16.0. The summed E-state index contributed by atoms with van der Waals surface area (Å²) in [5.41, 5.74) is -1.84. The van der Waals surface area contributed by atoms with Crippen LogP contribution in [0.3, 0.4) is 0 Å². The molecule has 0 unspecified atom stereocenters. The first kappa shape index (κ1) is 21.9. The van der Waals surface area contributed by atoms with Crippen molar-refractivity contribution >= 4 is 34.9 Å². The molecule has 0 heterocycles. The van der Waals surface area contributed by atoms with E-state index in [0.29, 0.717) is 0 Å². The van der Waals surface area contributed by atoms with Gasteiger partial charge in [0.2, 0.25) is 0 Å². The van der Waals surface area contributed by atoms with Crippen molar-refractivity contribution in [1.82, 2.24) is 0 Å². The summed E-state index contributed by atoms with van der Waals surface area (Å²) in [5, 5.41) is 24.6. The second-order valence-electron chi connectivity index (χ2n) is 5.89. The van der Waals surface area contributed by atoms with Gasteiger partial charge in [-0.2, -0.15) is 0 Å². The smallest absolute Gasteiger partial charge is 0.337 e. The highest BCUT2D eigenvalue weighted by molar-refractivity contribution is 6.07. The number of nitrogens with zero attached hydrogens (tertiary/aromatic N) is 2. The summed E-state index contributed by atoms with van der Waals surface area (Å²) in [4.78, 5) is 56.9. The Morgan fingerprint density at radius 3 is 1.83 bits per heavy atom. The average Bonchev–Trinajstić information content (AvgIpc) is 2.71. The second-order valence-corrected chi connectivity index (χ2v) is 5.89. The largest absolute Gasteiger partial charge is 0.465 e. The number of hydrogen-bond acceptors (Lipinski definition) is 9. The van der Waals surface area contributed by atoms with Crippen LogP contribution < -0.4 is 5.32 Å². The summed E-state index contributed by atoms with van der Waals surface area (Å²) in [6, 6.07) is 5.24. The van der Waals surface area contributed by atoms with Gasteiger partial charge in [0.1, 0.15) is 0 Å². The quantitative estimate of drug-likeness (QED) is 0.422. The van der Waals surface area contributed by atoms with Gasteiger partial charge >= 0.3 is 11.9 Å². The molecule has 0 fully saturated rings. The fourth-order valence-corrected chi connectivity index (χ4v) is 2.58. The number of carbonyl (C=O) groups is 3. The standard InChI is InChI=1S/C18H15N3O9/c1-9-14(7-13(20(25)26)8-15(9)21(27)28)16(22)19-12-5-10(17(23)29-2)4-11(6-12)18(24)30-3/h4-8H,1-3H3,(H,19,22). The van der Waals surface area contributed by atoms with Crippen LogP contribution in [-0.2, 0) is 9.47 Å². The van der Waals surface area contributed by atoms with Crippen LogP contribution in [0.2, 0.25) is 0 Å². The molecule has 0 atom stereocenters. The molecule has 0 radical (unpaired) electrons. The number of carbonyl (C=O) groups excluding carboxylic acids is 3. The van der Waals surface area contributed by atoms with Gasteiger partial charge in [-0.25, -0.2) is 9.59 Å². The van der Waals surface area contributed by atoms with Gasteiger partial charge in [-0.15, -0.1) is 0 Å². The van der Waals surface area contributed by atoms with Gasteiger partial charge in [-0.05, 0) is 25.1 Å². The number of amides is 1. The Kier molecular flexibility index (Phi) is 6.42. The number of benzene rings is 2. The summed E-state index contributed by atoms with van der Waals surface area (Å²) >= 11 is 0. The Hall–Kier alpha value is -4.35. The summed E-state index contributed by atoms with van der Waals surface area (Å²) in [6.07, 6.45) is 0. The van der Waals surface area contributed by atoms with Crippen molar-refractivity contribution in [3.8, 4) is 0 Å². The molecule has 1 N–H and O–H groups in total. The van der Waals surface area contributed by atoms with Gasteiger partial charge in [0.15, 0.2) is 0 Å². The molecule has 0 spiro atoms. The summed E-state index contributed by atoms with van der Waals surface area (Å²) < 4.78 is 9.20. The maximum atomic E-state index is 12.7. The van der Waals surface area contributed by atoms with Crippen molar-refractivity contribution in [2.45, 2.75) is 6.92 Å². The van der Waals surface area contributed by atoms with Gasteiger partial charge in [-0.3, -0.25) is 25.0 Å². The molecule has 0 bridgehead atoms. The van der Waals surface area contributed by atoms with Crippen LogP contribution in [0.25, 0.3) is 0 Å². The van der Waals surface area contributed by atoms with Crippen molar-refractivity contribution in [3.05, 3.63) is 72.8 Å². The Morgan fingerprint density at radius 1 is 0.867 bits per heavy atom. The molecule has 0 aromatic heterocycles. The minimum absolute atomic E-state index is 0.0307. The van der Waals surface area contributed by atoms with E-state index in [1.54, 1.807) is 0 Å². The summed E-state index contributed by atoms with van der Waals surface area (Å²) in [6.45, 7) is 1.27. The Labute approximate surface area is 168 Å². The number of nitrogens with one attached hydrogen (secondary N) is 1. The Bertz CT molecular complexity index is 1040. The maximum Gasteiger partial charge on any atom is 0.337 e. The molecule has 30 heavy (non-hydrogen) atoms. The average molecular weight is 417 g/mol. The van der Waals surface area contributed by atoms with Crippen molar-refractivity contribution < 1.29 is 33.7 Å². The number of nitro groups is 2. The fraction of sp³-hybridized carbons (Fsp3) is 0.167. The Morgan fingerprint density at radius 2 is 1.40 bits per heavy atom. The van der Waals surface area contributed by atoms with E-state index >= 15 is 0 Å². The van der Waals surface area contributed by atoms with Crippen molar-refractivity contribution in [2.24, 2.45) is 0 Å². The number of ether oxygens (including phenoxy) is 2. The molecular weight excluding hydrogens is 402 g/mol. The number of methoxy groups -OCH3 is 2. The zero-order chi connectivity index (χ0) is 22.6. The lowest BCUT2D eigenvalue weighted by atomic mass is 10.0. The molecular formula is C18H15N3O9. The van der Waals surface area contributed by atoms with Crippen LogP contribution in [0, 0.1) is 27.2 Å². The third-order valence-electron chi connectivity index (χ3n) is 4.05. The predicted molar refractivity (Wildman–Crippen MR) is 102 cm³/mol. The highest BCUT2D eigenvalue weighted by atomic mass is 16.6. The number of non-ortho nitro benzene ring substituents is 1. The van der Waals surface area contributed by atoms with E-state index in [2.05, 4.69) is 14.8 Å². The van der Waals surface area contributed by atoms with Crippen LogP contribution >= 0.6 is 0 Å². The van der Waals surface area contributed by atoms with Gasteiger partial charge < -0.3 is 14.8 Å². The molecule has 0 saturated heterocycles. The molecule has 2 aromatic carbocycles. The first-order valence-electron chi connectivity index (χ1n) is 8.15. The normalized spacial score (nSPS) is 10.1. The lowest BCUT2D eigenvalue weighted by Crippen LogP contribution is -2.16. The third-order valence-corrected chi connectivity index (χ3v) is 4.05. The van der Waals surface area contributed by atoms with E-state index in [1.165, 1.54) is 25.1 Å². The van der Waals surface area contributed by atoms with Gasteiger partial charge in [0, 0.05) is 17.3 Å². The van der Waals surface area contributed by atoms with Crippen LogP contribution in [-0.4, -0.2) is 41.9 Å². The van der Waals surface area contributed by atoms with Crippen LogP contribution in [0.15, 0.2) is 30.3 Å². The fourth-order valence-electron chi connectivity index (χ4n) is 2.58. The zero-order valence-corrected chi connectivity index (χ0v) is 16.0. The molecule has 1 amide bonds. The highest BCUT2D eigenvalue weighted by Gasteiger charge is 2.25. The number of nitro benzene ring substituents is 2. The van der Waals surface area contributed by atoms with Crippen molar-refractivity contribution in [1.29, 1.82) is 0 Å². The first-order valence-corrected chi connectivity index (χ1v) is 8.15. The lowest BCUT2D eigenvalue weighted by molar-refractivity contribution is -0.394. The predicted octanol–water partition coefficient (Wildman–Crippen LogP) is 2.64. The minimum Gasteiger partial charge on any atom is -0.465 e. The number of esters is 2. The molecule has 2 rings (SSSR count). The van der Waals surface area contributed by atoms with E-state index in [9.17, 15) is 34.6 Å². The monoisotopic (exact) mass is 417 g/mol. The Balaban J connectivity index is 2.54. The van der Waals surface area contributed by atoms with Crippen LogP contribution in [0.4, 0.5) is 17.1 Å². The SMILES string of the molecule is COC(=O)c1cc(NC(=O)c2cc([N+](=O)[O-])cc([N+](=O)[O-])c2C)cc(C(=O)OC)c1. The van der Waals surface area contributed by atoms with Crippen LogP contribution in [0.1, 0.15) is 36.6 Å². The van der Waals surface area contributed by atoms with Gasteiger partial charge in [-0.1, -0.05) is 0 Å². The third kappa shape index (κ3) is 4.55. The second kappa shape index (κ2) is 8.77. The molecule has 0 aliphatic heterocycles. The number of rotatable bonds is 6. The van der Waals surface area contributed by atoms with Gasteiger partial charge in [0.25, 0.3) is 17.3 Å². The minimum atomic E-state index is -0.919. The van der Waals surface area contributed by atoms with E-state index in [1.807, 2.05) is 0 Å². The van der Waals surface area contributed by atoms with E-state index in [-0.39, 0.29) is 27.9 Å². The summed E-state index contributed by atoms with van der Waals surface area (Å²) in [5.74, 6) is -2.51. The molecule has 156 valence electrons. The molecule has 0 aliphatic carbocycles. The van der Waals surface area contributed by atoms with Gasteiger partial charge in [0.05, 0.1) is 46.8 Å². The van der Waals surface area contributed by atoms with Crippen molar-refractivity contribution in [3.63, 3.8) is 0 Å². The molecule has 0 saturated carbocycles. The highest BCUT2D eigenvalue weighted by Crippen LogP contribution is 2.29. The topological polar surface area (TPSA) is 168 Å². The first-order chi connectivity index (χ1) is 14.1. The molecule has 12 nitrogen and oxygen atoms in total. The number of anilines is 1. The molecule has 2 aromatic rings. The number of hydrogen-bond donors (Lipinski definition) is 1. The van der Waals surface area contributed by atoms with E-state index < -0.39 is 39.1 Å². The molecule has 12 heteroatoms. The van der Waals surface area contributed by atoms with Crippen molar-refractivity contribution in [2.75, 3.05) is 19.5 Å². The maximum absolute atomic E-state index is 12.7. The molecule has 0 aliphatic rings. The van der Waals surface area contributed by atoms with E-state index in [0.717, 1.165) is 26.4 Å². The van der Waals surface area contributed by atoms with Crippen LogP contribution in [0.5, 0.6) is 0 Å². The summed E-state index contributed by atoms with van der Waals surface area (Å²) in [7, 11) is 2.24. The van der Waals surface area contributed by atoms with E-state index in [4.69, 9.17) is 0 Å².